The van der Waals surface area contributed by atoms with Crippen molar-refractivity contribution < 1.29 is 23.8 Å². The van der Waals surface area contributed by atoms with Crippen molar-refractivity contribution >= 4 is 23.4 Å². The van der Waals surface area contributed by atoms with Crippen LogP contribution in [-0.4, -0.2) is 25.0 Å². The van der Waals surface area contributed by atoms with Crippen molar-refractivity contribution in [2.24, 2.45) is 0 Å². The molecular weight excluding hydrogens is 344 g/mol. The van der Waals surface area contributed by atoms with Gasteiger partial charge in [-0.1, -0.05) is 29.8 Å². The highest BCUT2D eigenvalue weighted by molar-refractivity contribution is 6.31. The van der Waals surface area contributed by atoms with E-state index in [9.17, 15) is 9.59 Å². The minimum Gasteiger partial charge on any atom is -0.486 e. The Morgan fingerprint density at radius 1 is 1.00 bits per heavy atom. The molecule has 0 saturated heterocycles. The molecule has 1 aliphatic heterocycles. The molecule has 5 nitrogen and oxygen atoms in total. The van der Waals surface area contributed by atoms with E-state index >= 15 is 0 Å². The maximum atomic E-state index is 12.2. The fourth-order valence-corrected chi connectivity index (χ4v) is 2.61. The monoisotopic (exact) mass is 360 g/mol. The Morgan fingerprint density at radius 3 is 2.56 bits per heavy atom. The highest BCUT2D eigenvalue weighted by atomic mass is 35.5. The molecule has 0 radical (unpaired) electrons. The summed E-state index contributed by atoms with van der Waals surface area (Å²) < 4.78 is 16.0. The molecule has 0 N–H and O–H groups in total. The summed E-state index contributed by atoms with van der Waals surface area (Å²) in [6, 6.07) is 12.2. The predicted molar refractivity (Wildman–Crippen MR) is 92.2 cm³/mol. The van der Waals surface area contributed by atoms with Crippen LogP contribution in [0, 0.1) is 0 Å². The number of rotatable bonds is 6. The lowest BCUT2D eigenvalue weighted by atomic mass is 10.1. The molecule has 3 rings (SSSR count). The Hall–Kier alpha value is -2.53. The molecule has 0 bridgehead atoms. The average molecular weight is 361 g/mol. The van der Waals surface area contributed by atoms with E-state index in [4.69, 9.17) is 25.8 Å². The van der Waals surface area contributed by atoms with Gasteiger partial charge in [-0.05, 0) is 24.3 Å². The van der Waals surface area contributed by atoms with E-state index in [1.165, 1.54) is 0 Å². The summed E-state index contributed by atoms with van der Waals surface area (Å²) in [6.45, 7) is 1.05. The SMILES string of the molecule is O=C(CCC(=O)c1ccc2c(c1)OCCO2)OCc1ccccc1Cl. The molecule has 0 spiro atoms. The zero-order chi connectivity index (χ0) is 17.6. The van der Waals surface area contributed by atoms with E-state index in [0.29, 0.717) is 35.3 Å². The fraction of sp³-hybridized carbons (Fsp3) is 0.263. The first-order chi connectivity index (χ1) is 12.1. The number of halogens is 1. The van der Waals surface area contributed by atoms with Gasteiger partial charge in [0.1, 0.15) is 19.8 Å². The smallest absolute Gasteiger partial charge is 0.306 e. The molecule has 2 aromatic carbocycles. The van der Waals surface area contributed by atoms with Gasteiger partial charge in [-0.2, -0.15) is 0 Å². The lowest BCUT2D eigenvalue weighted by molar-refractivity contribution is -0.144. The molecule has 130 valence electrons. The van der Waals surface area contributed by atoms with Gasteiger partial charge in [-0.25, -0.2) is 0 Å². The van der Waals surface area contributed by atoms with Crippen molar-refractivity contribution in [3.8, 4) is 11.5 Å². The van der Waals surface area contributed by atoms with E-state index in [1.54, 1.807) is 36.4 Å². The summed E-state index contributed by atoms with van der Waals surface area (Å²) in [4.78, 5) is 24.1. The minimum atomic E-state index is -0.439. The normalized spacial score (nSPS) is 12.5. The number of fused-ring (bicyclic) bond motifs is 1. The molecule has 0 atom stereocenters. The third-order valence-electron chi connectivity index (χ3n) is 3.77. The van der Waals surface area contributed by atoms with E-state index in [-0.39, 0.29) is 25.2 Å². The molecule has 1 heterocycles. The molecule has 0 saturated carbocycles. The van der Waals surface area contributed by atoms with E-state index in [0.717, 1.165) is 5.56 Å². The third kappa shape index (κ3) is 4.51. The molecule has 0 amide bonds. The Morgan fingerprint density at radius 2 is 1.76 bits per heavy atom. The van der Waals surface area contributed by atoms with Crippen LogP contribution in [0.1, 0.15) is 28.8 Å². The van der Waals surface area contributed by atoms with Gasteiger partial charge in [0.15, 0.2) is 17.3 Å². The lowest BCUT2D eigenvalue weighted by Crippen LogP contribution is -2.16. The number of Topliss-reactive ketones (excluding diaryl/α,β-unsaturated/α-hetero) is 1. The number of ketones is 1. The van der Waals surface area contributed by atoms with Gasteiger partial charge in [0, 0.05) is 22.6 Å². The highest BCUT2D eigenvalue weighted by Crippen LogP contribution is 2.31. The summed E-state index contributed by atoms with van der Waals surface area (Å²) in [5, 5.41) is 0.544. The van der Waals surface area contributed by atoms with Crippen LogP contribution < -0.4 is 9.47 Å². The lowest BCUT2D eigenvalue weighted by Gasteiger charge is -2.18. The second kappa shape index (κ2) is 8.03. The summed E-state index contributed by atoms with van der Waals surface area (Å²) in [5.74, 6) is 0.595. The van der Waals surface area contributed by atoms with Gasteiger partial charge in [0.2, 0.25) is 0 Å². The molecule has 1 aliphatic rings. The number of carbonyl (C=O) groups excluding carboxylic acids is 2. The van der Waals surface area contributed by atoms with Crippen molar-refractivity contribution in [3.05, 3.63) is 58.6 Å². The number of benzene rings is 2. The quantitative estimate of drug-likeness (QED) is 0.579. The van der Waals surface area contributed by atoms with Gasteiger partial charge < -0.3 is 14.2 Å². The Kier molecular flexibility index (Phi) is 5.56. The number of hydrogen-bond donors (Lipinski definition) is 0. The maximum absolute atomic E-state index is 12.2. The maximum Gasteiger partial charge on any atom is 0.306 e. The summed E-state index contributed by atoms with van der Waals surface area (Å²) in [5.41, 5.74) is 1.22. The van der Waals surface area contributed by atoms with Crippen molar-refractivity contribution in [1.82, 2.24) is 0 Å². The van der Waals surface area contributed by atoms with Crippen LogP contribution in [0.15, 0.2) is 42.5 Å². The topological polar surface area (TPSA) is 61.8 Å². The van der Waals surface area contributed by atoms with Crippen LogP contribution in [-0.2, 0) is 16.1 Å². The van der Waals surface area contributed by atoms with Gasteiger partial charge in [0.25, 0.3) is 0 Å². The minimum absolute atomic E-state index is 0.0116. The highest BCUT2D eigenvalue weighted by Gasteiger charge is 2.16. The predicted octanol–water partition coefficient (Wildman–Crippen LogP) is 3.82. The standard InChI is InChI=1S/C19H17ClO5/c20-15-4-2-1-3-14(15)12-25-19(22)8-6-16(21)13-5-7-17-18(11-13)24-10-9-23-17/h1-5,7,11H,6,8-10,12H2. The van der Waals surface area contributed by atoms with Crippen LogP contribution in [0.4, 0.5) is 0 Å². The molecular formula is C19H17ClO5. The zero-order valence-electron chi connectivity index (χ0n) is 13.5. The molecule has 0 aliphatic carbocycles. The molecule has 0 unspecified atom stereocenters. The summed E-state index contributed by atoms with van der Waals surface area (Å²) >= 11 is 6.01. The van der Waals surface area contributed by atoms with Gasteiger partial charge >= 0.3 is 5.97 Å². The van der Waals surface area contributed by atoms with E-state index in [1.807, 2.05) is 6.07 Å². The Labute approximate surface area is 150 Å². The van der Waals surface area contributed by atoms with Gasteiger partial charge in [0.05, 0.1) is 6.42 Å². The first-order valence-corrected chi connectivity index (χ1v) is 8.33. The van der Waals surface area contributed by atoms with Gasteiger partial charge in [-0.3, -0.25) is 9.59 Å². The second-order valence-electron chi connectivity index (χ2n) is 5.53. The number of ether oxygens (including phenoxy) is 3. The fourth-order valence-electron chi connectivity index (χ4n) is 2.42. The van der Waals surface area contributed by atoms with Crippen LogP contribution in [0.25, 0.3) is 0 Å². The second-order valence-corrected chi connectivity index (χ2v) is 5.94. The summed E-state index contributed by atoms with van der Waals surface area (Å²) in [7, 11) is 0. The molecule has 0 fully saturated rings. The van der Waals surface area contributed by atoms with Crippen LogP contribution >= 0.6 is 11.6 Å². The largest absolute Gasteiger partial charge is 0.486 e. The first-order valence-electron chi connectivity index (χ1n) is 7.95. The molecule has 0 aromatic heterocycles. The molecule has 2 aromatic rings. The Balaban J connectivity index is 1.50. The number of hydrogen-bond acceptors (Lipinski definition) is 5. The summed E-state index contributed by atoms with van der Waals surface area (Å²) in [6.07, 6.45) is 0.0821. The van der Waals surface area contributed by atoms with E-state index < -0.39 is 5.97 Å². The number of carbonyl (C=O) groups is 2. The van der Waals surface area contributed by atoms with Crippen molar-refractivity contribution in [2.45, 2.75) is 19.4 Å². The number of esters is 1. The zero-order valence-corrected chi connectivity index (χ0v) is 14.3. The molecule has 6 heteroatoms. The third-order valence-corrected chi connectivity index (χ3v) is 4.14. The Bertz CT molecular complexity index is 787. The van der Waals surface area contributed by atoms with Crippen molar-refractivity contribution in [2.75, 3.05) is 13.2 Å². The van der Waals surface area contributed by atoms with E-state index in [2.05, 4.69) is 0 Å². The van der Waals surface area contributed by atoms with Gasteiger partial charge in [-0.15, -0.1) is 0 Å². The first kappa shape index (κ1) is 17.3. The average Bonchev–Trinajstić information content (AvgIpc) is 2.65. The van der Waals surface area contributed by atoms with Crippen molar-refractivity contribution in [3.63, 3.8) is 0 Å². The molecule has 25 heavy (non-hydrogen) atoms. The van der Waals surface area contributed by atoms with Crippen molar-refractivity contribution in [1.29, 1.82) is 0 Å². The van der Waals surface area contributed by atoms with Crippen LogP contribution in [0.3, 0.4) is 0 Å². The van der Waals surface area contributed by atoms with Crippen LogP contribution in [0.2, 0.25) is 5.02 Å². The van der Waals surface area contributed by atoms with Crippen LogP contribution in [0.5, 0.6) is 11.5 Å².